The van der Waals surface area contributed by atoms with Gasteiger partial charge in [0.15, 0.2) is 0 Å². The smallest absolute Gasteiger partial charge is 0.509 e. The molecule has 0 spiro atoms. The maximum absolute atomic E-state index is 14.3. The van der Waals surface area contributed by atoms with Crippen molar-refractivity contribution in [3.05, 3.63) is 131 Å². The molecule has 0 aliphatic carbocycles. The number of para-hydroxylation sites is 1. The van der Waals surface area contributed by atoms with Crippen LogP contribution in [-0.2, 0) is 31.9 Å². The second-order valence-corrected chi connectivity index (χ2v) is 14.9. The van der Waals surface area contributed by atoms with Crippen molar-refractivity contribution in [2.75, 3.05) is 0 Å². The molecule has 256 valence electrons. The fourth-order valence-corrected chi connectivity index (χ4v) is 7.34. The first-order valence-corrected chi connectivity index (χ1v) is 16.7. The van der Waals surface area contributed by atoms with Crippen LogP contribution in [0.15, 0.2) is 85.3 Å². The molecule has 0 saturated carbocycles. The quantitative estimate of drug-likeness (QED) is 0.162. The van der Waals surface area contributed by atoms with Gasteiger partial charge in [-0.1, -0.05) is 65.3 Å². The van der Waals surface area contributed by atoms with Gasteiger partial charge in [-0.15, -0.1) is 35.7 Å². The molecule has 5 nitrogen and oxygen atoms in total. The molecule has 7 heteroatoms. The number of halogens is 1. The van der Waals surface area contributed by atoms with Gasteiger partial charge < -0.3 is 9.30 Å². The van der Waals surface area contributed by atoms with E-state index in [9.17, 15) is 4.39 Å². The maximum Gasteiger partial charge on any atom is 2.00 e. The number of ether oxygens (including phenoxy) is 1. The van der Waals surface area contributed by atoms with Crippen molar-refractivity contribution in [1.29, 1.82) is 0 Å². The molecule has 0 atom stereocenters. The first kappa shape index (κ1) is 35.3. The van der Waals surface area contributed by atoms with E-state index in [0.717, 1.165) is 33.1 Å². The van der Waals surface area contributed by atoms with E-state index in [0.29, 0.717) is 17.3 Å². The van der Waals surface area contributed by atoms with Gasteiger partial charge in [-0.25, -0.2) is 9.37 Å². The maximum atomic E-state index is 14.3. The van der Waals surface area contributed by atoms with Crippen LogP contribution in [0.2, 0.25) is 0 Å². The van der Waals surface area contributed by atoms with E-state index in [1.807, 2.05) is 70.0 Å². The fraction of sp³-hybridized carbons (Fsp3) is 0.256. The van der Waals surface area contributed by atoms with Crippen molar-refractivity contribution in [3.8, 4) is 34.1 Å². The molecular formula is C43H41FN4OPt. The summed E-state index contributed by atoms with van der Waals surface area (Å²) in [4.78, 5) is 4.46. The molecule has 0 amide bonds. The zero-order chi connectivity index (χ0) is 34.8. The molecule has 50 heavy (non-hydrogen) atoms. The van der Waals surface area contributed by atoms with Crippen LogP contribution in [0.25, 0.3) is 44.4 Å². The third-order valence-corrected chi connectivity index (χ3v) is 9.46. The van der Waals surface area contributed by atoms with Gasteiger partial charge >= 0.3 is 21.1 Å². The van der Waals surface area contributed by atoms with Crippen LogP contribution in [0.1, 0.15) is 69.4 Å². The van der Waals surface area contributed by atoms with Crippen LogP contribution in [0.3, 0.4) is 0 Å². The predicted octanol–water partition coefficient (Wildman–Crippen LogP) is 11.1. The molecule has 7 rings (SSSR count). The molecule has 3 heterocycles. The largest absolute Gasteiger partial charge is 2.00 e. The number of aromatic nitrogens is 4. The normalized spacial score (nSPS) is 12.0. The molecule has 0 unspecified atom stereocenters. The van der Waals surface area contributed by atoms with Gasteiger partial charge in [-0.05, 0) is 88.2 Å². The van der Waals surface area contributed by atoms with E-state index >= 15 is 0 Å². The Balaban J connectivity index is 0.00000432. The average Bonchev–Trinajstić information content (AvgIpc) is 3.66. The average molecular weight is 844 g/mol. The number of fused-ring (bicyclic) bond motifs is 3. The Labute approximate surface area is 308 Å². The van der Waals surface area contributed by atoms with Gasteiger partial charge in [-0.3, -0.25) is 4.68 Å². The van der Waals surface area contributed by atoms with Crippen LogP contribution >= 0.6 is 0 Å². The number of hydrogen-bond acceptors (Lipinski definition) is 3. The predicted molar refractivity (Wildman–Crippen MR) is 197 cm³/mol. The Kier molecular flexibility index (Phi) is 9.15. The zero-order valence-electron chi connectivity index (χ0n) is 30.0. The second kappa shape index (κ2) is 13.0. The minimum Gasteiger partial charge on any atom is -0.509 e. The van der Waals surface area contributed by atoms with E-state index in [2.05, 4.69) is 85.6 Å². The molecule has 0 aliphatic heterocycles. The third-order valence-electron chi connectivity index (χ3n) is 9.46. The Hall–Kier alpha value is -4.54. The first-order chi connectivity index (χ1) is 23.2. The summed E-state index contributed by atoms with van der Waals surface area (Å²) in [5.41, 5.74) is 11.4. The minimum absolute atomic E-state index is 0. The van der Waals surface area contributed by atoms with Gasteiger partial charge in [0.05, 0.1) is 6.20 Å². The number of nitrogens with zero attached hydrogens (tertiary/aromatic N) is 4. The summed E-state index contributed by atoms with van der Waals surface area (Å²) in [7, 11) is 0. The molecular weight excluding hydrogens is 803 g/mol. The van der Waals surface area contributed by atoms with Crippen LogP contribution in [-0.4, -0.2) is 19.3 Å². The third kappa shape index (κ3) is 6.19. The second-order valence-electron chi connectivity index (χ2n) is 14.9. The first-order valence-electron chi connectivity index (χ1n) is 16.7. The number of pyridine rings is 1. The summed E-state index contributed by atoms with van der Waals surface area (Å²) in [5, 5.41) is 6.84. The number of rotatable bonds is 5. The van der Waals surface area contributed by atoms with Crippen LogP contribution in [0, 0.1) is 38.7 Å². The fourth-order valence-electron chi connectivity index (χ4n) is 7.34. The van der Waals surface area contributed by atoms with E-state index in [1.165, 1.54) is 51.7 Å². The van der Waals surface area contributed by atoms with E-state index < -0.39 is 0 Å². The summed E-state index contributed by atoms with van der Waals surface area (Å²) < 4.78 is 24.4. The van der Waals surface area contributed by atoms with Crippen molar-refractivity contribution < 1.29 is 30.2 Å². The van der Waals surface area contributed by atoms with Crippen molar-refractivity contribution in [2.45, 2.75) is 73.1 Å². The van der Waals surface area contributed by atoms with Gasteiger partial charge in [0.2, 0.25) is 0 Å². The molecule has 0 radical (unpaired) electrons. The molecule has 0 fully saturated rings. The molecule has 4 aromatic carbocycles. The number of hydrogen-bond donors (Lipinski definition) is 0. The molecule has 0 saturated heterocycles. The van der Waals surface area contributed by atoms with Crippen molar-refractivity contribution >= 4 is 21.8 Å². The van der Waals surface area contributed by atoms with Gasteiger partial charge in [0.1, 0.15) is 11.6 Å². The van der Waals surface area contributed by atoms with Gasteiger partial charge in [0, 0.05) is 41.0 Å². The van der Waals surface area contributed by atoms with Crippen molar-refractivity contribution in [2.24, 2.45) is 0 Å². The molecule has 7 aromatic rings. The molecule has 3 aromatic heterocycles. The van der Waals surface area contributed by atoms with E-state index in [-0.39, 0.29) is 37.7 Å². The monoisotopic (exact) mass is 843 g/mol. The van der Waals surface area contributed by atoms with E-state index in [4.69, 9.17) is 9.84 Å². The van der Waals surface area contributed by atoms with Crippen LogP contribution in [0.4, 0.5) is 4.39 Å². The van der Waals surface area contributed by atoms with Gasteiger partial charge in [0.25, 0.3) is 0 Å². The van der Waals surface area contributed by atoms with Crippen molar-refractivity contribution in [1.82, 2.24) is 19.3 Å². The van der Waals surface area contributed by atoms with Gasteiger partial charge in [-0.2, -0.15) is 17.2 Å². The minimum atomic E-state index is -0.353. The summed E-state index contributed by atoms with van der Waals surface area (Å²) in [6.45, 7) is 20.5. The van der Waals surface area contributed by atoms with E-state index in [1.54, 1.807) is 0 Å². The Morgan fingerprint density at radius 1 is 0.740 bits per heavy atom. The summed E-state index contributed by atoms with van der Waals surface area (Å²) in [6.07, 6.45) is 5.55. The standard InChI is InChI=1S/C43H41FN4O.Pt/c1-26-27(2)40(42(4,5)6)39(41(28(26)3)43(7,8)9)29-24-46-47(25-29)31-13-12-14-32(22-31)49-33-17-18-35-34-15-10-11-16-36(34)48(37(35)23-33)38-21-30(44)19-20-45-38;/h10-21,24-25H,1-9H3;/q-2;+2. The number of benzene rings is 4. The van der Waals surface area contributed by atoms with Crippen LogP contribution in [0.5, 0.6) is 11.5 Å². The summed E-state index contributed by atoms with van der Waals surface area (Å²) in [5.74, 6) is 1.17. The topological polar surface area (TPSA) is 44.9 Å². The SMILES string of the molecule is Cc1c(C)c(C(C)(C)C)c(-c2cnn(-c3[c-]c(Oc4[c-]c5c(cc4)c4ccccc4n5-c4cc(F)ccn4)ccc3)c2)c(C(C)(C)C)c1C.[Pt+2]. The molecule has 0 bridgehead atoms. The Morgan fingerprint density at radius 2 is 1.42 bits per heavy atom. The van der Waals surface area contributed by atoms with Crippen molar-refractivity contribution in [3.63, 3.8) is 0 Å². The zero-order valence-corrected chi connectivity index (χ0v) is 32.2. The Morgan fingerprint density at radius 3 is 2.10 bits per heavy atom. The van der Waals surface area contributed by atoms with Crippen LogP contribution < -0.4 is 4.74 Å². The molecule has 0 N–H and O–H groups in total. The summed E-state index contributed by atoms with van der Waals surface area (Å²) >= 11 is 0. The molecule has 0 aliphatic rings. The Bertz CT molecular complexity index is 2350. The summed E-state index contributed by atoms with van der Waals surface area (Å²) in [6, 6.07) is 27.3.